The van der Waals surface area contributed by atoms with Crippen LogP contribution < -0.4 is 0 Å². The van der Waals surface area contributed by atoms with E-state index in [1.165, 1.54) is 25.7 Å². The van der Waals surface area contributed by atoms with Crippen molar-refractivity contribution in [2.24, 2.45) is 4.99 Å². The molecule has 0 saturated carbocycles. The maximum atomic E-state index is 4.61. The average molecular weight is 287 g/mol. The maximum absolute atomic E-state index is 4.61. The average Bonchev–Trinajstić information content (AvgIpc) is 2.95. The lowest BCUT2D eigenvalue weighted by molar-refractivity contribution is 1.56. The van der Waals surface area contributed by atoms with E-state index in [1.807, 2.05) is 6.21 Å². The summed E-state index contributed by atoms with van der Waals surface area (Å²) in [5, 5.41) is 3.75. The van der Waals surface area contributed by atoms with Crippen LogP contribution >= 0.6 is 11.3 Å². The maximum Gasteiger partial charge on any atom is 0.0636 e. The van der Waals surface area contributed by atoms with Crippen molar-refractivity contribution < 1.29 is 0 Å². The van der Waals surface area contributed by atoms with Gasteiger partial charge in [0.15, 0.2) is 0 Å². The van der Waals surface area contributed by atoms with Gasteiger partial charge in [0, 0.05) is 15.8 Å². The predicted molar refractivity (Wildman–Crippen MR) is 93.0 cm³/mol. The van der Waals surface area contributed by atoms with Gasteiger partial charge in [-0.3, -0.25) is 4.99 Å². The first-order valence-electron chi connectivity index (χ1n) is 6.90. The first-order valence-corrected chi connectivity index (χ1v) is 7.72. The standard InChI is InChI=1S/C19H13NS/c1-2-6-15-11-17(10-9-14(15)5-1)20-13-18-12-16-7-3-4-8-19(16)21-18/h1-13H. The fourth-order valence-electron chi connectivity index (χ4n) is 2.46. The smallest absolute Gasteiger partial charge is 0.0636 e. The van der Waals surface area contributed by atoms with E-state index in [1.54, 1.807) is 11.3 Å². The van der Waals surface area contributed by atoms with Crippen molar-refractivity contribution in [3.8, 4) is 0 Å². The summed E-state index contributed by atoms with van der Waals surface area (Å²) in [4.78, 5) is 5.79. The van der Waals surface area contributed by atoms with Gasteiger partial charge in [0.05, 0.1) is 5.69 Å². The second-order valence-electron chi connectivity index (χ2n) is 4.98. The number of hydrogen-bond donors (Lipinski definition) is 0. The Morgan fingerprint density at radius 2 is 1.48 bits per heavy atom. The van der Waals surface area contributed by atoms with Crippen molar-refractivity contribution in [3.63, 3.8) is 0 Å². The molecule has 0 unspecified atom stereocenters. The molecule has 1 nitrogen and oxygen atoms in total. The first kappa shape index (κ1) is 12.3. The van der Waals surface area contributed by atoms with E-state index in [4.69, 9.17) is 0 Å². The molecule has 1 aromatic heterocycles. The fourth-order valence-corrected chi connectivity index (χ4v) is 3.40. The van der Waals surface area contributed by atoms with Crippen LogP contribution in [0.4, 0.5) is 5.69 Å². The molecule has 0 amide bonds. The van der Waals surface area contributed by atoms with Crippen molar-refractivity contribution in [1.82, 2.24) is 0 Å². The van der Waals surface area contributed by atoms with Crippen LogP contribution in [0, 0.1) is 0 Å². The number of nitrogens with zero attached hydrogens (tertiary/aromatic N) is 1. The molecule has 0 spiro atoms. The Hall–Kier alpha value is -2.45. The highest BCUT2D eigenvalue weighted by molar-refractivity contribution is 7.20. The Morgan fingerprint density at radius 1 is 0.714 bits per heavy atom. The van der Waals surface area contributed by atoms with Gasteiger partial charge in [0.25, 0.3) is 0 Å². The topological polar surface area (TPSA) is 12.4 Å². The SMILES string of the molecule is C(=Nc1ccc2ccccc2c1)c1cc2ccccc2s1. The van der Waals surface area contributed by atoms with Gasteiger partial charge in [0.1, 0.15) is 0 Å². The molecule has 0 saturated heterocycles. The highest BCUT2D eigenvalue weighted by atomic mass is 32.1. The Kier molecular flexibility index (Phi) is 3.02. The number of thiophene rings is 1. The zero-order chi connectivity index (χ0) is 14.1. The van der Waals surface area contributed by atoms with Gasteiger partial charge in [-0.15, -0.1) is 11.3 Å². The van der Waals surface area contributed by atoms with Crippen molar-refractivity contribution in [2.75, 3.05) is 0 Å². The minimum atomic E-state index is 0.992. The monoisotopic (exact) mass is 287 g/mol. The summed E-state index contributed by atoms with van der Waals surface area (Å²) in [5.41, 5.74) is 0.992. The molecule has 0 aliphatic rings. The molecule has 0 fully saturated rings. The van der Waals surface area contributed by atoms with E-state index in [0.29, 0.717) is 0 Å². The van der Waals surface area contributed by atoms with Gasteiger partial charge < -0.3 is 0 Å². The second kappa shape index (κ2) is 5.15. The van der Waals surface area contributed by atoms with Crippen molar-refractivity contribution in [2.45, 2.75) is 0 Å². The van der Waals surface area contributed by atoms with Crippen LogP contribution in [0.2, 0.25) is 0 Å². The third-order valence-corrected chi connectivity index (χ3v) is 4.57. The van der Waals surface area contributed by atoms with E-state index in [9.17, 15) is 0 Å². The molecule has 4 aromatic rings. The van der Waals surface area contributed by atoms with Crippen LogP contribution in [0.5, 0.6) is 0 Å². The summed E-state index contributed by atoms with van der Waals surface area (Å²) >= 11 is 1.77. The van der Waals surface area contributed by atoms with Gasteiger partial charge in [-0.2, -0.15) is 0 Å². The third-order valence-electron chi connectivity index (χ3n) is 3.52. The number of hydrogen-bond acceptors (Lipinski definition) is 2. The third kappa shape index (κ3) is 2.46. The van der Waals surface area contributed by atoms with Crippen LogP contribution in [-0.2, 0) is 0 Å². The van der Waals surface area contributed by atoms with E-state index in [0.717, 1.165) is 5.69 Å². The first-order chi connectivity index (χ1) is 10.4. The molecule has 2 heteroatoms. The molecule has 1 heterocycles. The quantitative estimate of drug-likeness (QED) is 0.413. The molecule has 0 atom stereocenters. The summed E-state index contributed by atoms with van der Waals surface area (Å²) < 4.78 is 1.30. The van der Waals surface area contributed by atoms with Crippen LogP contribution in [0.3, 0.4) is 0 Å². The highest BCUT2D eigenvalue weighted by Gasteiger charge is 1.98. The molecule has 0 bridgehead atoms. The summed E-state index contributed by atoms with van der Waals surface area (Å²) in [7, 11) is 0. The van der Waals surface area contributed by atoms with Gasteiger partial charge in [-0.25, -0.2) is 0 Å². The number of fused-ring (bicyclic) bond motifs is 2. The molecule has 0 aliphatic heterocycles. The Balaban J connectivity index is 1.69. The summed E-state index contributed by atoms with van der Waals surface area (Å²) in [6, 6.07) is 25.3. The largest absolute Gasteiger partial charge is 0.255 e. The number of benzene rings is 3. The lowest BCUT2D eigenvalue weighted by Crippen LogP contribution is -1.74. The fraction of sp³-hybridized carbons (Fsp3) is 0. The van der Waals surface area contributed by atoms with E-state index in [-0.39, 0.29) is 0 Å². The molecule has 3 aromatic carbocycles. The van der Waals surface area contributed by atoms with Gasteiger partial charge in [-0.1, -0.05) is 48.5 Å². The van der Waals surface area contributed by atoms with Gasteiger partial charge >= 0.3 is 0 Å². The van der Waals surface area contributed by atoms with Crippen LogP contribution in [-0.4, -0.2) is 6.21 Å². The van der Waals surface area contributed by atoms with Crippen molar-refractivity contribution >= 4 is 44.1 Å². The summed E-state index contributed by atoms with van der Waals surface area (Å²) in [5.74, 6) is 0. The molecule has 0 N–H and O–H groups in total. The molecule has 4 rings (SSSR count). The van der Waals surface area contributed by atoms with Crippen molar-refractivity contribution in [1.29, 1.82) is 0 Å². The van der Waals surface area contributed by atoms with Crippen LogP contribution in [0.1, 0.15) is 4.88 Å². The molecule has 0 aliphatic carbocycles. The minimum Gasteiger partial charge on any atom is -0.255 e. The van der Waals surface area contributed by atoms with Gasteiger partial charge in [0.2, 0.25) is 0 Å². The minimum absolute atomic E-state index is 0.992. The van der Waals surface area contributed by atoms with Gasteiger partial charge in [-0.05, 0) is 40.4 Å². The van der Waals surface area contributed by atoms with Crippen molar-refractivity contribution in [3.05, 3.63) is 77.7 Å². The second-order valence-corrected chi connectivity index (χ2v) is 6.09. The normalized spacial score (nSPS) is 11.6. The highest BCUT2D eigenvalue weighted by Crippen LogP contribution is 2.25. The molecular formula is C19H13NS. The zero-order valence-electron chi connectivity index (χ0n) is 11.4. The lowest BCUT2D eigenvalue weighted by Gasteiger charge is -1.98. The zero-order valence-corrected chi connectivity index (χ0v) is 12.2. The Labute approximate surface area is 127 Å². The van der Waals surface area contributed by atoms with Crippen LogP contribution in [0.25, 0.3) is 20.9 Å². The van der Waals surface area contributed by atoms with E-state index < -0.39 is 0 Å². The van der Waals surface area contributed by atoms with E-state index in [2.05, 4.69) is 77.8 Å². The number of aliphatic imine (C=N–C) groups is 1. The summed E-state index contributed by atoms with van der Waals surface area (Å²) in [6.45, 7) is 0. The Bertz CT molecular complexity index is 917. The Morgan fingerprint density at radius 3 is 2.33 bits per heavy atom. The molecule has 100 valence electrons. The molecule has 0 radical (unpaired) electrons. The number of rotatable bonds is 2. The van der Waals surface area contributed by atoms with Crippen LogP contribution in [0.15, 0.2) is 77.8 Å². The predicted octanol–water partition coefficient (Wildman–Crippen LogP) is 5.81. The molecule has 21 heavy (non-hydrogen) atoms. The lowest BCUT2D eigenvalue weighted by atomic mass is 10.1. The summed E-state index contributed by atoms with van der Waals surface area (Å²) in [6.07, 6.45) is 1.95. The van der Waals surface area contributed by atoms with E-state index >= 15 is 0 Å². The molecular weight excluding hydrogens is 274 g/mol.